The van der Waals surface area contributed by atoms with Gasteiger partial charge in [-0.2, -0.15) is 0 Å². The lowest BCUT2D eigenvalue weighted by atomic mass is 9.88. The third kappa shape index (κ3) is 1.42. The maximum atomic E-state index is 13.6. The number of hydrogen-bond acceptors (Lipinski definition) is 2. The fraction of sp³-hybridized carbons (Fsp3) is 0.538. The lowest BCUT2D eigenvalue weighted by molar-refractivity contribution is 0.231. The number of methoxy groups -OCH3 is 1. The first-order valence-corrected chi connectivity index (χ1v) is 5.42. The van der Waals surface area contributed by atoms with E-state index in [1.54, 1.807) is 6.07 Å². The van der Waals surface area contributed by atoms with Gasteiger partial charge in [0.2, 0.25) is 0 Å². The van der Waals surface area contributed by atoms with E-state index < -0.39 is 0 Å². The van der Waals surface area contributed by atoms with Crippen molar-refractivity contribution >= 4 is 0 Å². The molecule has 2 rings (SSSR count). The Balaban J connectivity index is 2.39. The Morgan fingerprint density at radius 3 is 2.44 bits per heavy atom. The third-order valence-electron chi connectivity index (χ3n) is 3.89. The molecular formula is C13H17FO2. The highest BCUT2D eigenvalue weighted by Crippen LogP contribution is 2.64. The molecule has 16 heavy (non-hydrogen) atoms. The van der Waals surface area contributed by atoms with E-state index in [0.717, 1.165) is 12.0 Å². The summed E-state index contributed by atoms with van der Waals surface area (Å²) in [5.74, 6) is -0.120. The summed E-state index contributed by atoms with van der Waals surface area (Å²) in [6.45, 7) is 4.24. The highest BCUT2D eigenvalue weighted by Gasteiger charge is 2.61. The van der Waals surface area contributed by atoms with Gasteiger partial charge >= 0.3 is 0 Å². The van der Waals surface area contributed by atoms with Crippen molar-refractivity contribution in [1.29, 1.82) is 0 Å². The largest absolute Gasteiger partial charge is 0.494 e. The van der Waals surface area contributed by atoms with Crippen molar-refractivity contribution < 1.29 is 14.2 Å². The highest BCUT2D eigenvalue weighted by atomic mass is 19.1. The molecule has 0 saturated heterocycles. The fourth-order valence-corrected chi connectivity index (χ4v) is 2.53. The molecule has 1 aliphatic rings. The molecule has 0 amide bonds. The van der Waals surface area contributed by atoms with E-state index in [-0.39, 0.29) is 29.0 Å². The third-order valence-corrected chi connectivity index (χ3v) is 3.89. The average Bonchev–Trinajstić information content (AvgIpc) is 2.82. The number of hydrogen-bond donors (Lipinski definition) is 1. The van der Waals surface area contributed by atoms with E-state index in [9.17, 15) is 9.50 Å². The van der Waals surface area contributed by atoms with Gasteiger partial charge in [-0.25, -0.2) is 4.39 Å². The summed E-state index contributed by atoms with van der Waals surface area (Å²) in [4.78, 5) is 0. The average molecular weight is 224 g/mol. The molecule has 0 spiro atoms. The van der Waals surface area contributed by atoms with Crippen LogP contribution in [0.3, 0.4) is 0 Å². The smallest absolute Gasteiger partial charge is 0.165 e. The zero-order valence-corrected chi connectivity index (χ0v) is 9.88. The van der Waals surface area contributed by atoms with Gasteiger partial charge in [0.1, 0.15) is 0 Å². The fourth-order valence-electron chi connectivity index (χ4n) is 2.53. The number of aliphatic hydroxyl groups excluding tert-OH is 1. The molecule has 1 atom stereocenters. The van der Waals surface area contributed by atoms with E-state index in [1.807, 2.05) is 6.07 Å². The molecule has 1 saturated carbocycles. The van der Waals surface area contributed by atoms with E-state index >= 15 is 0 Å². The van der Waals surface area contributed by atoms with Crippen LogP contribution in [0.4, 0.5) is 4.39 Å². The second-order valence-corrected chi connectivity index (χ2v) is 5.15. The van der Waals surface area contributed by atoms with Crippen LogP contribution in [-0.2, 0) is 5.41 Å². The van der Waals surface area contributed by atoms with E-state index in [2.05, 4.69) is 13.8 Å². The minimum atomic E-state index is -0.365. The summed E-state index contributed by atoms with van der Waals surface area (Å²) >= 11 is 0. The van der Waals surface area contributed by atoms with Gasteiger partial charge < -0.3 is 9.84 Å². The van der Waals surface area contributed by atoms with Crippen molar-refractivity contribution in [3.8, 4) is 5.75 Å². The van der Waals surface area contributed by atoms with Crippen molar-refractivity contribution in [3.05, 3.63) is 29.6 Å². The summed E-state index contributed by atoms with van der Waals surface area (Å²) in [5, 5.41) is 9.51. The van der Waals surface area contributed by atoms with Crippen LogP contribution in [0.15, 0.2) is 18.2 Å². The minimum Gasteiger partial charge on any atom is -0.494 e. The normalized spacial score (nSPS) is 26.6. The number of benzene rings is 1. The van der Waals surface area contributed by atoms with Crippen LogP contribution >= 0.6 is 0 Å². The summed E-state index contributed by atoms with van der Waals surface area (Å²) in [7, 11) is 1.45. The van der Waals surface area contributed by atoms with Crippen LogP contribution in [0.1, 0.15) is 25.8 Å². The Kier molecular flexibility index (Phi) is 2.46. The lowest BCUT2D eigenvalue weighted by Gasteiger charge is -2.18. The molecule has 1 aliphatic carbocycles. The quantitative estimate of drug-likeness (QED) is 0.854. The summed E-state index contributed by atoms with van der Waals surface area (Å²) in [6, 6.07) is 4.94. The Hall–Kier alpha value is -1.09. The molecule has 1 unspecified atom stereocenters. The maximum absolute atomic E-state index is 13.6. The molecule has 1 N–H and O–H groups in total. The zero-order valence-electron chi connectivity index (χ0n) is 9.88. The molecule has 88 valence electrons. The minimum absolute atomic E-state index is 0.0444. The van der Waals surface area contributed by atoms with Gasteiger partial charge in [0.15, 0.2) is 11.6 Å². The molecular weight excluding hydrogens is 207 g/mol. The van der Waals surface area contributed by atoms with Gasteiger partial charge in [0.25, 0.3) is 0 Å². The van der Waals surface area contributed by atoms with Crippen molar-refractivity contribution in [2.75, 3.05) is 13.7 Å². The number of halogens is 1. The summed E-state index contributed by atoms with van der Waals surface area (Å²) in [6.07, 6.45) is 0.891. The molecule has 0 aliphatic heterocycles. The maximum Gasteiger partial charge on any atom is 0.165 e. The first kappa shape index (κ1) is 11.4. The molecule has 1 fully saturated rings. The van der Waals surface area contributed by atoms with E-state index in [4.69, 9.17) is 4.74 Å². The SMILES string of the molecule is COc1ccc(C2(CO)CC2(C)C)cc1F. The summed E-state index contributed by atoms with van der Waals surface area (Å²) < 4.78 is 18.5. The van der Waals surface area contributed by atoms with Crippen LogP contribution in [0, 0.1) is 11.2 Å². The molecule has 0 radical (unpaired) electrons. The van der Waals surface area contributed by atoms with Gasteiger partial charge in [0.05, 0.1) is 13.7 Å². The van der Waals surface area contributed by atoms with Crippen molar-refractivity contribution in [3.63, 3.8) is 0 Å². The molecule has 3 heteroatoms. The number of rotatable bonds is 3. The number of ether oxygens (including phenoxy) is 1. The standard InChI is InChI=1S/C13H17FO2/c1-12(2)7-13(12,8-15)9-4-5-11(16-3)10(14)6-9/h4-6,15H,7-8H2,1-3H3. The second kappa shape index (κ2) is 3.45. The molecule has 0 bridgehead atoms. The zero-order chi connectivity index (χ0) is 12.0. The van der Waals surface area contributed by atoms with Gasteiger partial charge in [0, 0.05) is 5.41 Å². The van der Waals surface area contributed by atoms with Crippen LogP contribution in [0.2, 0.25) is 0 Å². The second-order valence-electron chi connectivity index (χ2n) is 5.15. The number of aliphatic hydroxyl groups is 1. The van der Waals surface area contributed by atoms with Crippen LogP contribution in [-0.4, -0.2) is 18.8 Å². The van der Waals surface area contributed by atoms with E-state index in [1.165, 1.54) is 13.2 Å². The monoisotopic (exact) mass is 224 g/mol. The molecule has 1 aromatic rings. The molecule has 1 aromatic carbocycles. The Labute approximate surface area is 95.1 Å². The van der Waals surface area contributed by atoms with Crippen molar-refractivity contribution in [2.24, 2.45) is 5.41 Å². The first-order chi connectivity index (χ1) is 7.47. The van der Waals surface area contributed by atoms with Crippen LogP contribution < -0.4 is 4.74 Å². The van der Waals surface area contributed by atoms with Crippen molar-refractivity contribution in [1.82, 2.24) is 0 Å². The highest BCUT2D eigenvalue weighted by molar-refractivity contribution is 5.41. The lowest BCUT2D eigenvalue weighted by Crippen LogP contribution is -2.19. The summed E-state index contributed by atoms with van der Waals surface area (Å²) in [5.41, 5.74) is 0.626. The van der Waals surface area contributed by atoms with Gasteiger partial charge in [-0.15, -0.1) is 0 Å². The molecule has 0 heterocycles. The van der Waals surface area contributed by atoms with Crippen molar-refractivity contribution in [2.45, 2.75) is 25.7 Å². The van der Waals surface area contributed by atoms with Gasteiger partial charge in [-0.1, -0.05) is 19.9 Å². The predicted octanol–water partition coefficient (Wildman–Crippen LogP) is 2.49. The molecule has 0 aromatic heterocycles. The van der Waals surface area contributed by atoms with Gasteiger partial charge in [-0.05, 0) is 29.5 Å². The predicted molar refractivity (Wildman–Crippen MR) is 60.1 cm³/mol. The molecule has 2 nitrogen and oxygen atoms in total. The Morgan fingerprint density at radius 2 is 2.06 bits per heavy atom. The van der Waals surface area contributed by atoms with E-state index in [0.29, 0.717) is 0 Å². The first-order valence-electron chi connectivity index (χ1n) is 5.42. The Bertz CT molecular complexity index is 414. The van der Waals surface area contributed by atoms with Crippen LogP contribution in [0.5, 0.6) is 5.75 Å². The topological polar surface area (TPSA) is 29.5 Å². The van der Waals surface area contributed by atoms with Crippen LogP contribution in [0.25, 0.3) is 0 Å². The van der Waals surface area contributed by atoms with Gasteiger partial charge in [-0.3, -0.25) is 0 Å². The Morgan fingerprint density at radius 1 is 1.44 bits per heavy atom.